The predicted molar refractivity (Wildman–Crippen MR) is 68.1 cm³/mol. The third-order valence-corrected chi connectivity index (χ3v) is 3.37. The maximum Gasteiger partial charge on any atom is 0.313 e. The van der Waals surface area contributed by atoms with Crippen LogP contribution in [0.1, 0.15) is 12.6 Å². The molecule has 96 valence electrons. The highest BCUT2D eigenvalue weighted by molar-refractivity contribution is 7.99. The number of thioether (sulfide) groups is 1. The summed E-state index contributed by atoms with van der Waals surface area (Å²) >= 11 is 1.20. The molecule has 2 aromatic heterocycles. The van der Waals surface area contributed by atoms with Crippen molar-refractivity contribution in [2.24, 2.45) is 0 Å². The second-order valence-corrected chi connectivity index (χ2v) is 4.70. The zero-order chi connectivity index (χ0) is 13.1. The second-order valence-electron chi connectivity index (χ2n) is 3.75. The van der Waals surface area contributed by atoms with Crippen LogP contribution in [0.5, 0.6) is 0 Å². The second kappa shape index (κ2) is 5.26. The van der Waals surface area contributed by atoms with Gasteiger partial charge in [-0.3, -0.25) is 14.0 Å². The number of hydrogen-bond acceptors (Lipinski definition) is 4. The molecule has 2 rings (SSSR count). The van der Waals surface area contributed by atoms with Crippen molar-refractivity contribution in [1.29, 1.82) is 0 Å². The largest absolute Gasteiger partial charge is 0.481 e. The van der Waals surface area contributed by atoms with Crippen LogP contribution in [-0.2, 0) is 11.3 Å². The minimum Gasteiger partial charge on any atom is -0.481 e. The van der Waals surface area contributed by atoms with E-state index in [-0.39, 0.29) is 5.75 Å². The van der Waals surface area contributed by atoms with Gasteiger partial charge in [-0.2, -0.15) is 5.10 Å². The average Bonchev–Trinajstić information content (AvgIpc) is 2.92. The number of carboxylic acids is 1. The van der Waals surface area contributed by atoms with Crippen LogP contribution in [0.15, 0.2) is 23.7 Å². The Bertz CT molecular complexity index is 561. The summed E-state index contributed by atoms with van der Waals surface area (Å²) in [6.07, 6.45) is 5.40. The molecule has 2 heterocycles. The number of hydrogen-bond donors (Lipinski definition) is 1. The van der Waals surface area contributed by atoms with Crippen molar-refractivity contribution in [3.8, 4) is 5.69 Å². The van der Waals surface area contributed by atoms with Crippen LogP contribution in [0.2, 0.25) is 0 Å². The van der Waals surface area contributed by atoms with E-state index in [9.17, 15) is 4.79 Å². The molecule has 0 amide bonds. The van der Waals surface area contributed by atoms with Crippen molar-refractivity contribution in [2.75, 3.05) is 5.75 Å². The summed E-state index contributed by atoms with van der Waals surface area (Å²) in [5.74, 6) is -0.852. The van der Waals surface area contributed by atoms with Crippen LogP contribution >= 0.6 is 11.8 Å². The fourth-order valence-electron chi connectivity index (χ4n) is 1.60. The highest BCUT2D eigenvalue weighted by atomic mass is 32.2. The van der Waals surface area contributed by atoms with Gasteiger partial charge in [-0.1, -0.05) is 11.8 Å². The van der Waals surface area contributed by atoms with E-state index < -0.39 is 5.97 Å². The monoisotopic (exact) mass is 266 g/mol. The number of carbonyl (C=O) groups is 1. The first-order chi connectivity index (χ1) is 8.61. The Morgan fingerprint density at radius 3 is 2.89 bits per heavy atom. The van der Waals surface area contributed by atoms with E-state index in [1.807, 2.05) is 29.3 Å². The molecule has 0 radical (unpaired) electrons. The number of aliphatic carboxylic acids is 1. The summed E-state index contributed by atoms with van der Waals surface area (Å²) < 4.78 is 3.73. The Labute approximate surface area is 109 Å². The molecule has 7 heteroatoms. The molecule has 18 heavy (non-hydrogen) atoms. The normalized spacial score (nSPS) is 10.8. The van der Waals surface area contributed by atoms with Crippen LogP contribution in [-0.4, -0.2) is 36.2 Å². The number of aromatic nitrogens is 4. The fourth-order valence-corrected chi connectivity index (χ4v) is 2.36. The van der Waals surface area contributed by atoms with Crippen LogP contribution in [0.25, 0.3) is 5.69 Å². The first-order valence-electron chi connectivity index (χ1n) is 5.53. The number of carboxylic acid groups (broad SMARTS) is 1. The van der Waals surface area contributed by atoms with Gasteiger partial charge >= 0.3 is 5.97 Å². The maximum absolute atomic E-state index is 10.6. The van der Waals surface area contributed by atoms with E-state index >= 15 is 0 Å². The van der Waals surface area contributed by atoms with Crippen LogP contribution in [0.3, 0.4) is 0 Å². The minimum atomic E-state index is -0.851. The van der Waals surface area contributed by atoms with Crippen LogP contribution in [0, 0.1) is 6.92 Å². The molecule has 1 N–H and O–H groups in total. The van der Waals surface area contributed by atoms with Gasteiger partial charge in [-0.15, -0.1) is 0 Å². The molecule has 0 unspecified atom stereocenters. The highest BCUT2D eigenvalue weighted by Crippen LogP contribution is 2.22. The van der Waals surface area contributed by atoms with E-state index in [4.69, 9.17) is 5.11 Å². The molecule has 0 aromatic carbocycles. The zero-order valence-electron chi connectivity index (χ0n) is 10.2. The summed E-state index contributed by atoms with van der Waals surface area (Å²) in [5, 5.41) is 13.6. The lowest BCUT2D eigenvalue weighted by molar-refractivity contribution is -0.133. The van der Waals surface area contributed by atoms with Gasteiger partial charge in [0.25, 0.3) is 0 Å². The third-order valence-electron chi connectivity index (χ3n) is 2.43. The van der Waals surface area contributed by atoms with Crippen LogP contribution in [0.4, 0.5) is 0 Å². The highest BCUT2D eigenvalue weighted by Gasteiger charge is 2.12. The summed E-state index contributed by atoms with van der Waals surface area (Å²) in [5.41, 5.74) is 1.86. The number of imidazole rings is 1. The molecular weight excluding hydrogens is 252 g/mol. The van der Waals surface area contributed by atoms with Gasteiger partial charge in [0.15, 0.2) is 5.16 Å². The lowest BCUT2D eigenvalue weighted by Gasteiger charge is -2.05. The molecule has 0 aliphatic heterocycles. The summed E-state index contributed by atoms with van der Waals surface area (Å²) in [6.45, 7) is 4.74. The lowest BCUT2D eigenvalue weighted by Crippen LogP contribution is -2.02. The third kappa shape index (κ3) is 2.56. The molecule has 0 fully saturated rings. The van der Waals surface area contributed by atoms with E-state index in [0.29, 0.717) is 5.16 Å². The standard InChI is InChI=1S/C11H14N4O2S/c1-3-14-6-9(5-13-14)15-8(2)4-12-11(15)18-7-10(16)17/h4-6H,3,7H2,1-2H3,(H,16,17). The Morgan fingerprint density at radius 2 is 2.28 bits per heavy atom. The average molecular weight is 266 g/mol. The SMILES string of the molecule is CCn1cc(-n2c(C)cnc2SCC(=O)O)cn1. The topological polar surface area (TPSA) is 72.9 Å². The Hall–Kier alpha value is -1.76. The summed E-state index contributed by atoms with van der Waals surface area (Å²) in [4.78, 5) is 14.8. The van der Waals surface area contributed by atoms with Gasteiger partial charge in [0.05, 0.1) is 17.6 Å². The van der Waals surface area contributed by atoms with E-state index in [1.165, 1.54) is 11.8 Å². The molecule has 0 saturated heterocycles. The molecule has 0 spiro atoms. The minimum absolute atomic E-state index is 0.00162. The quantitative estimate of drug-likeness (QED) is 0.832. The first kappa shape index (κ1) is 12.7. The zero-order valence-corrected chi connectivity index (χ0v) is 11.0. The fraction of sp³-hybridized carbons (Fsp3) is 0.364. The predicted octanol–water partition coefficient (Wildman–Crippen LogP) is 1.57. The number of nitrogens with zero attached hydrogens (tertiary/aromatic N) is 4. The van der Waals surface area contributed by atoms with Crippen molar-refractivity contribution >= 4 is 17.7 Å². The van der Waals surface area contributed by atoms with Gasteiger partial charge < -0.3 is 5.11 Å². The smallest absolute Gasteiger partial charge is 0.313 e. The molecule has 0 bridgehead atoms. The van der Waals surface area contributed by atoms with Gasteiger partial charge in [-0.25, -0.2) is 4.98 Å². The molecule has 0 aliphatic carbocycles. The molecule has 0 saturated carbocycles. The number of aryl methyl sites for hydroxylation is 2. The molecule has 6 nitrogen and oxygen atoms in total. The van der Waals surface area contributed by atoms with Crippen LogP contribution < -0.4 is 0 Å². The lowest BCUT2D eigenvalue weighted by atomic mass is 10.5. The maximum atomic E-state index is 10.6. The Kier molecular flexibility index (Phi) is 3.71. The molecule has 0 atom stereocenters. The van der Waals surface area contributed by atoms with E-state index in [1.54, 1.807) is 12.4 Å². The Balaban J connectivity index is 2.31. The summed E-state index contributed by atoms with van der Waals surface area (Å²) in [6, 6.07) is 0. The molecule has 0 aliphatic rings. The van der Waals surface area contributed by atoms with Gasteiger partial charge in [0.2, 0.25) is 0 Å². The van der Waals surface area contributed by atoms with Crippen molar-refractivity contribution in [1.82, 2.24) is 19.3 Å². The van der Waals surface area contributed by atoms with Gasteiger partial charge in [-0.05, 0) is 13.8 Å². The first-order valence-corrected chi connectivity index (χ1v) is 6.52. The number of rotatable bonds is 5. The van der Waals surface area contributed by atoms with Crippen molar-refractivity contribution in [2.45, 2.75) is 25.5 Å². The van der Waals surface area contributed by atoms with Crippen molar-refractivity contribution in [3.05, 3.63) is 24.3 Å². The molecule has 2 aromatic rings. The van der Waals surface area contributed by atoms with E-state index in [0.717, 1.165) is 17.9 Å². The van der Waals surface area contributed by atoms with Crippen molar-refractivity contribution in [3.63, 3.8) is 0 Å². The van der Waals surface area contributed by atoms with Crippen molar-refractivity contribution < 1.29 is 9.90 Å². The van der Waals surface area contributed by atoms with Gasteiger partial charge in [0, 0.05) is 24.6 Å². The molecular formula is C11H14N4O2S. The summed E-state index contributed by atoms with van der Waals surface area (Å²) in [7, 11) is 0. The van der Waals surface area contributed by atoms with E-state index in [2.05, 4.69) is 10.1 Å². The Morgan fingerprint density at radius 1 is 1.50 bits per heavy atom. The van der Waals surface area contributed by atoms with Gasteiger partial charge in [0.1, 0.15) is 0 Å².